The van der Waals surface area contributed by atoms with Gasteiger partial charge < -0.3 is 10.1 Å². The molecule has 19 heavy (non-hydrogen) atoms. The van der Waals surface area contributed by atoms with Crippen LogP contribution in [0.1, 0.15) is 26.7 Å². The van der Waals surface area contributed by atoms with E-state index in [2.05, 4.69) is 10.1 Å². The van der Waals surface area contributed by atoms with Crippen LogP contribution in [0.25, 0.3) is 0 Å². The van der Waals surface area contributed by atoms with Crippen molar-refractivity contribution < 1.29 is 17.9 Å². The van der Waals surface area contributed by atoms with Gasteiger partial charge in [-0.1, -0.05) is 0 Å². The van der Waals surface area contributed by atoms with Gasteiger partial charge in [0.25, 0.3) is 0 Å². The zero-order valence-electron chi connectivity index (χ0n) is 11.7. The van der Waals surface area contributed by atoms with E-state index in [1.165, 1.54) is 4.31 Å². The van der Waals surface area contributed by atoms with Crippen molar-refractivity contribution in [1.82, 2.24) is 14.3 Å². The van der Waals surface area contributed by atoms with Gasteiger partial charge in [0.1, 0.15) is 0 Å². The molecule has 8 heteroatoms. The first kappa shape index (κ1) is 16.2. The van der Waals surface area contributed by atoms with Gasteiger partial charge in [0.15, 0.2) is 0 Å². The predicted octanol–water partition coefficient (Wildman–Crippen LogP) is 0.297. The number of nitrogens with zero attached hydrogens (tertiary/aromatic N) is 1. The van der Waals surface area contributed by atoms with Gasteiger partial charge in [-0.25, -0.2) is 9.52 Å². The first-order valence-corrected chi connectivity index (χ1v) is 7.89. The molecule has 1 rings (SSSR count). The molecule has 1 heterocycles. The fourth-order valence-corrected chi connectivity index (χ4v) is 3.48. The molecule has 0 saturated carbocycles. The lowest BCUT2D eigenvalue weighted by atomic mass is 9.98. The molecule has 0 radical (unpaired) electrons. The van der Waals surface area contributed by atoms with Gasteiger partial charge in [-0.3, -0.25) is 0 Å². The maximum Gasteiger partial charge on any atom is 0.421 e. The van der Waals surface area contributed by atoms with Crippen molar-refractivity contribution >= 4 is 16.3 Å². The number of methoxy groups -OCH3 is 1. The Hall–Kier alpha value is -0.860. The van der Waals surface area contributed by atoms with Crippen LogP contribution < -0.4 is 10.0 Å². The van der Waals surface area contributed by atoms with E-state index >= 15 is 0 Å². The van der Waals surface area contributed by atoms with E-state index in [1.807, 2.05) is 4.72 Å². The highest BCUT2D eigenvalue weighted by Gasteiger charge is 2.30. The van der Waals surface area contributed by atoms with Crippen molar-refractivity contribution in [3.05, 3.63) is 0 Å². The Balaban J connectivity index is 2.72. The van der Waals surface area contributed by atoms with E-state index in [1.54, 1.807) is 13.8 Å². The topological polar surface area (TPSA) is 87.7 Å². The van der Waals surface area contributed by atoms with Crippen molar-refractivity contribution in [2.24, 2.45) is 5.92 Å². The molecule has 112 valence electrons. The molecule has 0 aromatic heterocycles. The molecule has 1 aliphatic rings. The highest BCUT2D eigenvalue weighted by Crippen LogP contribution is 2.17. The average molecular weight is 293 g/mol. The lowest BCUT2D eigenvalue weighted by molar-refractivity contribution is 0.176. The van der Waals surface area contributed by atoms with Gasteiger partial charge in [0.2, 0.25) is 0 Å². The fourth-order valence-electron chi connectivity index (χ4n) is 2.11. The third-order valence-corrected chi connectivity index (χ3v) is 4.79. The van der Waals surface area contributed by atoms with Crippen LogP contribution in [0.4, 0.5) is 4.79 Å². The van der Waals surface area contributed by atoms with Gasteiger partial charge in [-0.15, -0.1) is 0 Å². The zero-order valence-corrected chi connectivity index (χ0v) is 12.5. The van der Waals surface area contributed by atoms with E-state index in [4.69, 9.17) is 0 Å². The third-order valence-electron chi connectivity index (χ3n) is 3.18. The number of nitrogens with one attached hydrogen (secondary N) is 2. The Bertz CT molecular complexity index is 391. The molecule has 0 atom stereocenters. The third kappa shape index (κ3) is 4.96. The number of piperidine rings is 1. The van der Waals surface area contributed by atoms with Crippen LogP contribution >= 0.6 is 0 Å². The van der Waals surface area contributed by atoms with Crippen LogP contribution in [0.5, 0.6) is 0 Å². The molecule has 0 unspecified atom stereocenters. The second-order valence-electron chi connectivity index (χ2n) is 4.96. The smallest absolute Gasteiger partial charge is 0.421 e. The van der Waals surface area contributed by atoms with E-state index < -0.39 is 16.3 Å². The van der Waals surface area contributed by atoms with Crippen LogP contribution in [0.3, 0.4) is 0 Å². The summed E-state index contributed by atoms with van der Waals surface area (Å²) < 4.78 is 31.8. The van der Waals surface area contributed by atoms with Crippen LogP contribution in [0.2, 0.25) is 0 Å². The van der Waals surface area contributed by atoms with Crippen molar-refractivity contribution in [3.8, 4) is 0 Å². The number of carbonyl (C=O) groups excluding carboxylic acids is 1. The molecule has 1 fully saturated rings. The lowest BCUT2D eigenvalue weighted by Crippen LogP contribution is -2.49. The Morgan fingerprint density at radius 3 is 2.47 bits per heavy atom. The van der Waals surface area contributed by atoms with Gasteiger partial charge in [0.05, 0.1) is 7.11 Å². The van der Waals surface area contributed by atoms with E-state index in [0.717, 1.165) is 33.0 Å². The largest absolute Gasteiger partial charge is 0.452 e. The number of rotatable bonds is 5. The molecule has 1 amide bonds. The molecule has 0 spiro atoms. The summed E-state index contributed by atoms with van der Waals surface area (Å²) in [5, 5.41) is 3.24. The number of hydrogen-bond donors (Lipinski definition) is 2. The molecular formula is C11H23N3O4S. The molecule has 1 saturated heterocycles. The van der Waals surface area contributed by atoms with Crippen LogP contribution in [0.15, 0.2) is 0 Å². The SMILES string of the molecule is COC(=O)NS(=O)(=O)N(CC1CCNCC1)C(C)C. The van der Waals surface area contributed by atoms with Gasteiger partial charge in [0, 0.05) is 12.6 Å². The van der Waals surface area contributed by atoms with Crippen LogP contribution in [-0.2, 0) is 14.9 Å². The molecule has 7 nitrogen and oxygen atoms in total. The quantitative estimate of drug-likeness (QED) is 0.761. The summed E-state index contributed by atoms with van der Waals surface area (Å²) in [7, 11) is -2.71. The summed E-state index contributed by atoms with van der Waals surface area (Å²) >= 11 is 0. The number of amides is 1. The monoisotopic (exact) mass is 293 g/mol. The minimum Gasteiger partial charge on any atom is -0.452 e. The number of hydrogen-bond acceptors (Lipinski definition) is 5. The minimum atomic E-state index is -3.84. The number of ether oxygens (including phenoxy) is 1. The van der Waals surface area contributed by atoms with Crippen molar-refractivity contribution in [1.29, 1.82) is 0 Å². The van der Waals surface area contributed by atoms with Crippen molar-refractivity contribution in [2.45, 2.75) is 32.7 Å². The first-order chi connectivity index (χ1) is 8.86. The Morgan fingerprint density at radius 2 is 2.00 bits per heavy atom. The molecular weight excluding hydrogens is 270 g/mol. The second-order valence-corrected chi connectivity index (χ2v) is 6.58. The van der Waals surface area contributed by atoms with Crippen molar-refractivity contribution in [3.63, 3.8) is 0 Å². The van der Waals surface area contributed by atoms with Crippen LogP contribution in [-0.4, -0.2) is 51.6 Å². The first-order valence-electron chi connectivity index (χ1n) is 6.45. The molecule has 0 aromatic rings. The summed E-state index contributed by atoms with van der Waals surface area (Å²) in [4.78, 5) is 11.1. The zero-order chi connectivity index (χ0) is 14.5. The lowest BCUT2D eigenvalue weighted by Gasteiger charge is -2.31. The molecule has 1 aliphatic heterocycles. The summed E-state index contributed by atoms with van der Waals surface area (Å²) in [5.74, 6) is 0.317. The molecule has 0 aromatic carbocycles. The normalized spacial score (nSPS) is 17.7. The summed E-state index contributed by atoms with van der Waals surface area (Å²) in [5.41, 5.74) is 0. The van der Waals surface area contributed by atoms with Crippen molar-refractivity contribution in [2.75, 3.05) is 26.7 Å². The maximum absolute atomic E-state index is 12.1. The second kappa shape index (κ2) is 7.06. The standard InChI is InChI=1S/C11H23N3O4S/c1-9(2)14(8-10-4-6-12-7-5-10)19(16,17)13-11(15)18-3/h9-10,12H,4-8H2,1-3H3,(H,13,15). The Labute approximate surface area is 114 Å². The highest BCUT2D eigenvalue weighted by atomic mass is 32.2. The van der Waals surface area contributed by atoms with Gasteiger partial charge in [-0.05, 0) is 45.7 Å². The minimum absolute atomic E-state index is 0.211. The molecule has 0 bridgehead atoms. The predicted molar refractivity (Wildman–Crippen MR) is 71.9 cm³/mol. The average Bonchev–Trinajstić information content (AvgIpc) is 2.36. The maximum atomic E-state index is 12.1. The van der Waals surface area contributed by atoms with Gasteiger partial charge in [-0.2, -0.15) is 12.7 Å². The summed E-state index contributed by atoms with van der Waals surface area (Å²) in [6.07, 6.45) is 0.921. The van der Waals surface area contributed by atoms with E-state index in [9.17, 15) is 13.2 Å². The molecule has 0 aliphatic carbocycles. The van der Waals surface area contributed by atoms with Gasteiger partial charge >= 0.3 is 16.3 Å². The highest BCUT2D eigenvalue weighted by molar-refractivity contribution is 7.87. The summed E-state index contributed by atoms with van der Waals surface area (Å²) in [6, 6.07) is -0.211. The van der Waals surface area contributed by atoms with E-state index in [0.29, 0.717) is 12.5 Å². The Kier molecular flexibility index (Phi) is 6.02. The van der Waals surface area contributed by atoms with E-state index in [-0.39, 0.29) is 6.04 Å². The number of carbonyl (C=O) groups is 1. The summed E-state index contributed by atoms with van der Waals surface area (Å²) in [6.45, 7) is 5.81. The Morgan fingerprint density at radius 1 is 1.42 bits per heavy atom. The van der Waals surface area contributed by atoms with Crippen LogP contribution in [0, 0.1) is 5.92 Å². The fraction of sp³-hybridized carbons (Fsp3) is 0.909. The molecule has 2 N–H and O–H groups in total.